The first-order valence-corrected chi connectivity index (χ1v) is 5.18. The highest BCUT2D eigenvalue weighted by Gasteiger charge is 2.17. The topological polar surface area (TPSA) is 127 Å². The zero-order chi connectivity index (χ0) is 12.7. The Hall–Kier alpha value is -2.18. The highest BCUT2D eigenvalue weighted by molar-refractivity contribution is 5.76. The molecule has 0 spiro atoms. The van der Waals surface area contributed by atoms with Crippen LogP contribution in [0.4, 0.5) is 5.88 Å². The number of carboxylic acid groups (broad SMARTS) is 1. The summed E-state index contributed by atoms with van der Waals surface area (Å²) < 4.78 is 5.02. The predicted molar refractivity (Wildman–Crippen MR) is 63.7 cm³/mol. The Morgan fingerprint density at radius 3 is 2.88 bits per heavy atom. The number of guanidine groups is 1. The Kier molecular flexibility index (Phi) is 4.86. The van der Waals surface area contributed by atoms with E-state index in [-0.39, 0.29) is 5.96 Å². The summed E-state index contributed by atoms with van der Waals surface area (Å²) in [6.45, 7) is 0.409. The van der Waals surface area contributed by atoms with Gasteiger partial charge in [-0.2, -0.15) is 0 Å². The van der Waals surface area contributed by atoms with Crippen molar-refractivity contribution in [3.8, 4) is 0 Å². The number of aliphatic imine (C=N–C) groups is 1. The van der Waals surface area contributed by atoms with Crippen LogP contribution in [0.2, 0.25) is 0 Å². The Labute approximate surface area is 98.5 Å². The molecule has 0 bridgehead atoms. The van der Waals surface area contributed by atoms with E-state index in [1.54, 1.807) is 12.1 Å². The van der Waals surface area contributed by atoms with Gasteiger partial charge in [-0.15, -0.1) is 0 Å². The van der Waals surface area contributed by atoms with Crippen molar-refractivity contribution in [2.75, 3.05) is 11.9 Å². The van der Waals surface area contributed by atoms with Crippen molar-refractivity contribution < 1.29 is 14.3 Å². The molecule has 17 heavy (non-hydrogen) atoms. The average Bonchev–Trinajstić information content (AvgIpc) is 2.74. The van der Waals surface area contributed by atoms with Crippen molar-refractivity contribution in [2.45, 2.75) is 18.9 Å². The van der Waals surface area contributed by atoms with Gasteiger partial charge in [-0.1, -0.05) is 0 Å². The number of nitrogens with zero attached hydrogens (tertiary/aromatic N) is 1. The lowest BCUT2D eigenvalue weighted by atomic mass is 10.1. The van der Waals surface area contributed by atoms with Gasteiger partial charge in [-0.25, -0.2) is 4.79 Å². The monoisotopic (exact) mass is 240 g/mol. The maximum Gasteiger partial charge on any atom is 0.326 e. The van der Waals surface area contributed by atoms with Crippen LogP contribution in [-0.2, 0) is 4.79 Å². The van der Waals surface area contributed by atoms with E-state index < -0.39 is 12.0 Å². The van der Waals surface area contributed by atoms with Gasteiger partial charge in [0.2, 0.25) is 0 Å². The van der Waals surface area contributed by atoms with Crippen LogP contribution in [0.3, 0.4) is 0 Å². The Bertz CT molecular complexity index is 371. The third kappa shape index (κ3) is 4.92. The number of carbonyl (C=O) groups is 1. The van der Waals surface area contributed by atoms with Gasteiger partial charge in [0.25, 0.3) is 0 Å². The molecule has 7 heteroatoms. The van der Waals surface area contributed by atoms with Gasteiger partial charge in [-0.3, -0.25) is 4.99 Å². The standard InChI is InChI=1S/C10H16N4O3/c11-10(12)13-5-1-3-7(9(15)16)14-8-4-2-6-17-8/h2,4,6-7,14H,1,3,5H2,(H,15,16)(H4,11,12,13). The highest BCUT2D eigenvalue weighted by atomic mass is 16.4. The van der Waals surface area contributed by atoms with Gasteiger partial charge in [0.1, 0.15) is 6.04 Å². The van der Waals surface area contributed by atoms with E-state index in [0.717, 1.165) is 0 Å². The third-order valence-electron chi connectivity index (χ3n) is 2.08. The molecule has 6 N–H and O–H groups in total. The lowest BCUT2D eigenvalue weighted by molar-refractivity contribution is -0.138. The Morgan fingerprint density at radius 1 is 1.59 bits per heavy atom. The van der Waals surface area contributed by atoms with Crippen molar-refractivity contribution in [3.63, 3.8) is 0 Å². The van der Waals surface area contributed by atoms with Crippen LogP contribution in [0.15, 0.2) is 27.8 Å². The number of aliphatic carboxylic acids is 1. The van der Waals surface area contributed by atoms with E-state index in [1.807, 2.05) is 0 Å². The number of carboxylic acids is 1. The second kappa shape index (κ2) is 6.41. The fourth-order valence-corrected chi connectivity index (χ4v) is 1.29. The molecule has 1 aromatic rings. The molecule has 0 saturated heterocycles. The quantitative estimate of drug-likeness (QED) is 0.306. The van der Waals surface area contributed by atoms with Gasteiger partial charge < -0.3 is 26.3 Å². The second-order valence-electron chi connectivity index (χ2n) is 3.46. The minimum absolute atomic E-state index is 0.0101. The van der Waals surface area contributed by atoms with Crippen molar-refractivity contribution in [1.29, 1.82) is 0 Å². The minimum Gasteiger partial charge on any atom is -0.480 e. The Morgan fingerprint density at radius 2 is 2.35 bits per heavy atom. The zero-order valence-corrected chi connectivity index (χ0v) is 9.30. The van der Waals surface area contributed by atoms with E-state index in [4.69, 9.17) is 21.0 Å². The summed E-state index contributed by atoms with van der Waals surface area (Å²) in [7, 11) is 0. The number of rotatable bonds is 7. The smallest absolute Gasteiger partial charge is 0.326 e. The van der Waals surface area contributed by atoms with Gasteiger partial charge in [-0.05, 0) is 18.9 Å². The first-order valence-electron chi connectivity index (χ1n) is 5.18. The van der Waals surface area contributed by atoms with Crippen LogP contribution < -0.4 is 16.8 Å². The molecule has 0 amide bonds. The van der Waals surface area contributed by atoms with Gasteiger partial charge in [0, 0.05) is 12.6 Å². The predicted octanol–water partition coefficient (Wildman–Crippen LogP) is 0.198. The summed E-state index contributed by atoms with van der Waals surface area (Å²) in [5.41, 5.74) is 10.3. The van der Waals surface area contributed by atoms with Crippen LogP contribution in [0.1, 0.15) is 12.8 Å². The SMILES string of the molecule is NC(N)=NCCCC(Nc1ccco1)C(=O)O. The van der Waals surface area contributed by atoms with Crippen LogP contribution in [0.25, 0.3) is 0 Å². The van der Waals surface area contributed by atoms with Gasteiger partial charge in [0.15, 0.2) is 11.8 Å². The van der Waals surface area contributed by atoms with E-state index in [0.29, 0.717) is 25.3 Å². The lowest BCUT2D eigenvalue weighted by Gasteiger charge is -2.12. The van der Waals surface area contributed by atoms with E-state index in [9.17, 15) is 4.79 Å². The molecule has 0 saturated carbocycles. The third-order valence-corrected chi connectivity index (χ3v) is 2.08. The molecule has 1 unspecified atom stereocenters. The largest absolute Gasteiger partial charge is 0.480 e. The molecule has 0 aromatic carbocycles. The summed E-state index contributed by atoms with van der Waals surface area (Å²) >= 11 is 0. The molecule has 94 valence electrons. The molecule has 0 fully saturated rings. The van der Waals surface area contributed by atoms with Crippen LogP contribution in [-0.4, -0.2) is 29.6 Å². The van der Waals surface area contributed by atoms with Crippen LogP contribution in [0, 0.1) is 0 Å². The molecular weight excluding hydrogens is 224 g/mol. The van der Waals surface area contributed by atoms with E-state index in [1.165, 1.54) is 6.26 Å². The minimum atomic E-state index is -0.939. The fraction of sp³-hybridized carbons (Fsp3) is 0.400. The molecule has 0 aliphatic rings. The summed E-state index contributed by atoms with van der Waals surface area (Å²) in [4.78, 5) is 14.7. The first-order chi connectivity index (χ1) is 8.09. The maximum absolute atomic E-state index is 11.0. The normalized spacial score (nSPS) is 11.8. The number of nitrogens with two attached hydrogens (primary N) is 2. The van der Waals surface area contributed by atoms with Gasteiger partial charge >= 0.3 is 5.97 Å². The summed E-state index contributed by atoms with van der Waals surface area (Å²) in [6, 6.07) is 2.63. The molecule has 0 radical (unpaired) electrons. The van der Waals surface area contributed by atoms with Crippen LogP contribution >= 0.6 is 0 Å². The van der Waals surface area contributed by atoms with E-state index >= 15 is 0 Å². The summed E-state index contributed by atoms with van der Waals surface area (Å²) in [5.74, 6) is -0.499. The van der Waals surface area contributed by atoms with Crippen molar-refractivity contribution >= 4 is 17.8 Å². The number of furan rings is 1. The molecular formula is C10H16N4O3. The molecule has 1 rings (SSSR count). The number of anilines is 1. The van der Waals surface area contributed by atoms with Crippen LogP contribution in [0.5, 0.6) is 0 Å². The maximum atomic E-state index is 11.0. The molecule has 0 aliphatic heterocycles. The number of hydrogen-bond donors (Lipinski definition) is 4. The van der Waals surface area contributed by atoms with Crippen molar-refractivity contribution in [3.05, 3.63) is 18.4 Å². The van der Waals surface area contributed by atoms with Crippen molar-refractivity contribution in [2.24, 2.45) is 16.5 Å². The first kappa shape index (κ1) is 12.9. The second-order valence-corrected chi connectivity index (χ2v) is 3.46. The molecule has 1 atom stereocenters. The van der Waals surface area contributed by atoms with Gasteiger partial charge in [0.05, 0.1) is 6.26 Å². The van der Waals surface area contributed by atoms with Crippen molar-refractivity contribution in [1.82, 2.24) is 0 Å². The highest BCUT2D eigenvalue weighted by Crippen LogP contribution is 2.11. The fourth-order valence-electron chi connectivity index (χ4n) is 1.29. The Balaban J connectivity index is 2.39. The summed E-state index contributed by atoms with van der Waals surface area (Å²) in [6.07, 6.45) is 2.45. The lowest BCUT2D eigenvalue weighted by Crippen LogP contribution is -2.29. The van der Waals surface area contributed by atoms with E-state index in [2.05, 4.69) is 10.3 Å². The number of nitrogens with one attached hydrogen (secondary N) is 1. The molecule has 0 aliphatic carbocycles. The average molecular weight is 240 g/mol. The number of hydrogen-bond acceptors (Lipinski definition) is 4. The molecule has 1 aromatic heterocycles. The zero-order valence-electron chi connectivity index (χ0n) is 9.30. The summed E-state index contributed by atoms with van der Waals surface area (Å²) in [5, 5.41) is 11.8. The molecule has 1 heterocycles. The molecule has 7 nitrogen and oxygen atoms in total.